The van der Waals surface area contributed by atoms with E-state index in [1.165, 1.54) is 15.6 Å². The minimum Gasteiger partial charge on any atom is -0.377 e. The highest BCUT2D eigenvalue weighted by Crippen LogP contribution is 2.31. The molecule has 0 aliphatic rings. The second kappa shape index (κ2) is 6.47. The first-order valence-corrected chi connectivity index (χ1v) is 8.64. The molecule has 0 saturated carbocycles. The lowest BCUT2D eigenvalue weighted by molar-refractivity contribution is 0.0737. The fourth-order valence-corrected chi connectivity index (χ4v) is 4.84. The zero-order chi connectivity index (χ0) is 13.9. The molecule has 1 aromatic heterocycles. The number of likely N-dealkylation sites (N-methyl/N-ethyl adjacent to an activating group) is 1. The van der Waals surface area contributed by atoms with E-state index in [4.69, 9.17) is 4.74 Å². The molecule has 0 saturated heterocycles. The van der Waals surface area contributed by atoms with Crippen LogP contribution >= 0.6 is 27.3 Å². The monoisotopic (exact) mass is 355 g/mol. The minimum atomic E-state index is -3.40. The Balaban J connectivity index is 2.74. The van der Waals surface area contributed by atoms with Gasteiger partial charge in [-0.25, -0.2) is 8.42 Å². The van der Waals surface area contributed by atoms with Gasteiger partial charge in [-0.05, 0) is 48.3 Å². The number of nitrogens with zero attached hydrogens (tertiary/aromatic N) is 1. The Bertz CT molecular complexity index is 477. The van der Waals surface area contributed by atoms with E-state index < -0.39 is 10.0 Å². The third-order valence-corrected chi connectivity index (χ3v) is 6.80. The molecule has 0 aliphatic heterocycles. The van der Waals surface area contributed by atoms with Crippen molar-refractivity contribution in [3.63, 3.8) is 0 Å². The van der Waals surface area contributed by atoms with Gasteiger partial charge in [0.2, 0.25) is 0 Å². The van der Waals surface area contributed by atoms with Crippen LogP contribution in [0.4, 0.5) is 0 Å². The summed E-state index contributed by atoms with van der Waals surface area (Å²) in [5, 5.41) is 0. The van der Waals surface area contributed by atoms with Gasteiger partial charge in [0.1, 0.15) is 4.21 Å². The van der Waals surface area contributed by atoms with Crippen LogP contribution in [-0.4, -0.2) is 39.0 Å². The lowest BCUT2D eigenvalue weighted by Crippen LogP contribution is -2.30. The maximum atomic E-state index is 12.2. The second-order valence-corrected chi connectivity index (χ2v) is 8.91. The molecule has 4 nitrogen and oxygen atoms in total. The van der Waals surface area contributed by atoms with Gasteiger partial charge in [0, 0.05) is 13.6 Å². The molecule has 0 unspecified atom stereocenters. The highest BCUT2D eigenvalue weighted by Gasteiger charge is 2.23. The molecular formula is C11H18BrNO3S2. The van der Waals surface area contributed by atoms with Gasteiger partial charge >= 0.3 is 0 Å². The average molecular weight is 356 g/mol. The number of ether oxygens (including phenoxy) is 1. The Morgan fingerprint density at radius 3 is 2.56 bits per heavy atom. The van der Waals surface area contributed by atoms with Crippen molar-refractivity contribution in [3.05, 3.63) is 15.4 Å². The van der Waals surface area contributed by atoms with Crippen LogP contribution in [0.2, 0.25) is 0 Å². The summed E-state index contributed by atoms with van der Waals surface area (Å²) in [6, 6.07) is 1.68. The molecule has 7 heteroatoms. The van der Waals surface area contributed by atoms with Gasteiger partial charge in [-0.15, -0.1) is 11.3 Å². The van der Waals surface area contributed by atoms with Crippen molar-refractivity contribution in [1.82, 2.24) is 4.31 Å². The van der Waals surface area contributed by atoms with E-state index >= 15 is 0 Å². The van der Waals surface area contributed by atoms with Crippen LogP contribution in [0, 0.1) is 6.92 Å². The molecule has 0 atom stereocenters. The van der Waals surface area contributed by atoms with Gasteiger partial charge < -0.3 is 4.74 Å². The Labute approximate surface area is 121 Å². The fraction of sp³-hybridized carbons (Fsp3) is 0.636. The Kier molecular flexibility index (Phi) is 5.79. The predicted molar refractivity (Wildman–Crippen MR) is 77.7 cm³/mol. The standard InChI is InChI=1S/C11H18BrNO3S2/c1-8(2)16-6-5-13(4)18(14,15)10-7-9(3)11(12)17-10/h7-8H,5-6H2,1-4H3. The number of hydrogen-bond acceptors (Lipinski definition) is 4. The third-order valence-electron chi connectivity index (χ3n) is 2.36. The summed E-state index contributed by atoms with van der Waals surface area (Å²) < 4.78 is 32.4. The average Bonchev–Trinajstić information content (AvgIpc) is 2.59. The Hall–Kier alpha value is 0.0500. The number of thiophene rings is 1. The second-order valence-electron chi connectivity index (χ2n) is 4.27. The first-order valence-electron chi connectivity index (χ1n) is 5.59. The number of aryl methyl sites for hydroxylation is 1. The van der Waals surface area contributed by atoms with E-state index in [0.717, 1.165) is 9.35 Å². The normalized spacial score (nSPS) is 12.6. The molecule has 0 fully saturated rings. The van der Waals surface area contributed by atoms with E-state index in [2.05, 4.69) is 15.9 Å². The molecule has 0 spiro atoms. The predicted octanol–water partition coefficient (Wildman–Crippen LogP) is 2.86. The molecule has 0 amide bonds. The van der Waals surface area contributed by atoms with Crippen LogP contribution in [0.3, 0.4) is 0 Å². The summed E-state index contributed by atoms with van der Waals surface area (Å²) in [7, 11) is -1.83. The van der Waals surface area contributed by atoms with Gasteiger partial charge in [0.15, 0.2) is 0 Å². The van der Waals surface area contributed by atoms with E-state index in [9.17, 15) is 8.42 Å². The number of halogens is 1. The maximum Gasteiger partial charge on any atom is 0.252 e. The quantitative estimate of drug-likeness (QED) is 0.788. The fourth-order valence-electron chi connectivity index (χ4n) is 1.25. The molecule has 0 aromatic carbocycles. The van der Waals surface area contributed by atoms with Gasteiger partial charge in [-0.1, -0.05) is 0 Å². The van der Waals surface area contributed by atoms with Gasteiger partial charge in [0.25, 0.3) is 10.0 Å². The molecule has 1 heterocycles. The minimum absolute atomic E-state index is 0.110. The molecule has 0 bridgehead atoms. The topological polar surface area (TPSA) is 46.6 Å². The van der Waals surface area contributed by atoms with Crippen molar-refractivity contribution in [2.24, 2.45) is 0 Å². The molecule has 18 heavy (non-hydrogen) atoms. The zero-order valence-electron chi connectivity index (χ0n) is 10.9. The largest absolute Gasteiger partial charge is 0.377 e. The van der Waals surface area contributed by atoms with E-state index in [-0.39, 0.29) is 6.10 Å². The lowest BCUT2D eigenvalue weighted by Gasteiger charge is -2.16. The first-order chi connectivity index (χ1) is 8.25. The summed E-state index contributed by atoms with van der Waals surface area (Å²) >= 11 is 4.58. The summed E-state index contributed by atoms with van der Waals surface area (Å²) in [6.45, 7) is 6.48. The molecular weight excluding hydrogens is 338 g/mol. The third kappa shape index (κ3) is 4.03. The summed E-state index contributed by atoms with van der Waals surface area (Å²) in [4.78, 5) is 0. The van der Waals surface area contributed by atoms with Crippen molar-refractivity contribution in [2.75, 3.05) is 20.2 Å². The van der Waals surface area contributed by atoms with Crippen LogP contribution < -0.4 is 0 Å². The smallest absolute Gasteiger partial charge is 0.252 e. The van der Waals surface area contributed by atoms with Gasteiger partial charge in [-0.3, -0.25) is 0 Å². The van der Waals surface area contributed by atoms with Crippen molar-refractivity contribution >= 4 is 37.3 Å². The summed E-state index contributed by atoms with van der Waals surface area (Å²) in [5.74, 6) is 0. The molecule has 0 aliphatic carbocycles. The Morgan fingerprint density at radius 2 is 2.11 bits per heavy atom. The zero-order valence-corrected chi connectivity index (χ0v) is 14.2. The number of sulfonamides is 1. The van der Waals surface area contributed by atoms with Crippen LogP contribution in [0.25, 0.3) is 0 Å². The number of rotatable bonds is 6. The van der Waals surface area contributed by atoms with Gasteiger partial charge in [-0.2, -0.15) is 4.31 Å². The molecule has 0 N–H and O–H groups in total. The molecule has 1 aromatic rings. The van der Waals surface area contributed by atoms with Gasteiger partial charge in [0.05, 0.1) is 16.5 Å². The highest BCUT2D eigenvalue weighted by molar-refractivity contribution is 9.11. The first kappa shape index (κ1) is 16.1. The SMILES string of the molecule is Cc1cc(S(=O)(=O)N(C)CCOC(C)C)sc1Br. The van der Waals surface area contributed by atoms with Crippen LogP contribution in [0.15, 0.2) is 14.1 Å². The number of hydrogen-bond donors (Lipinski definition) is 0. The van der Waals surface area contributed by atoms with Crippen LogP contribution in [0.1, 0.15) is 19.4 Å². The van der Waals surface area contributed by atoms with Crippen LogP contribution in [-0.2, 0) is 14.8 Å². The molecule has 0 radical (unpaired) electrons. The molecule has 104 valence electrons. The van der Waals surface area contributed by atoms with E-state index in [0.29, 0.717) is 17.4 Å². The summed E-state index contributed by atoms with van der Waals surface area (Å²) in [6.07, 6.45) is 0.110. The lowest BCUT2D eigenvalue weighted by atomic mass is 10.4. The van der Waals surface area contributed by atoms with Crippen LogP contribution in [0.5, 0.6) is 0 Å². The summed E-state index contributed by atoms with van der Waals surface area (Å²) in [5.41, 5.74) is 0.936. The maximum absolute atomic E-state index is 12.2. The molecule has 1 rings (SSSR count). The van der Waals surface area contributed by atoms with Crippen molar-refractivity contribution in [2.45, 2.75) is 31.1 Å². The van der Waals surface area contributed by atoms with Crippen molar-refractivity contribution in [3.8, 4) is 0 Å². The van der Waals surface area contributed by atoms with Crippen molar-refractivity contribution < 1.29 is 13.2 Å². The highest BCUT2D eigenvalue weighted by atomic mass is 79.9. The van der Waals surface area contributed by atoms with Crippen molar-refractivity contribution in [1.29, 1.82) is 0 Å². The van der Waals surface area contributed by atoms with E-state index in [1.807, 2.05) is 20.8 Å². The van der Waals surface area contributed by atoms with E-state index in [1.54, 1.807) is 13.1 Å². The Morgan fingerprint density at radius 1 is 1.50 bits per heavy atom.